The van der Waals surface area contributed by atoms with Crippen LogP contribution in [0.2, 0.25) is 0 Å². The van der Waals surface area contributed by atoms with Crippen molar-refractivity contribution >= 4 is 21.6 Å². The monoisotopic (exact) mass is 657 g/mol. The molecule has 0 unspecified atom stereocenters. The van der Waals surface area contributed by atoms with Crippen LogP contribution in [0.3, 0.4) is 0 Å². The molecule has 1 atom stereocenters. The number of sulfonamides is 1. The van der Waals surface area contributed by atoms with Gasteiger partial charge in [-0.15, -0.1) is 0 Å². The average Bonchev–Trinajstić information content (AvgIpc) is 3.67. The number of β-amino-alcohol motifs (C(OH)–C–C–N with tert-alkyl or cyclic N) is 1. The molecule has 0 saturated carbocycles. The summed E-state index contributed by atoms with van der Waals surface area (Å²) in [6.07, 6.45) is 3.62. The Morgan fingerprint density at radius 1 is 1.02 bits per heavy atom. The van der Waals surface area contributed by atoms with Gasteiger partial charge >= 0.3 is 0 Å². The molecule has 0 aliphatic heterocycles. The number of nitrogens with zero attached hydrogens (tertiary/aromatic N) is 3. The standard InChI is InChI=1S/C34H39N7O5S/c1-34(2,37-21-31(42)26-8-7-9-27(18-26)39-47(45,46)29-10-5-4-6-11-29)16-17-41-22-30(36-23-41)24-12-14-25(15-13-24)33(44)35-20-28-19-32(43)40(3)38-28/h4-15,18-19,22-23,31,37-39,42H,16-17,20-21H2,1-3H3,(H,35,44)/t31-/m0/s1. The van der Waals surface area contributed by atoms with Crippen LogP contribution in [0.1, 0.15) is 48.0 Å². The molecule has 5 N–H and O–H groups in total. The van der Waals surface area contributed by atoms with Gasteiger partial charge in [-0.2, -0.15) is 0 Å². The Hall–Kier alpha value is -4.98. The predicted octanol–water partition coefficient (Wildman–Crippen LogP) is 3.80. The summed E-state index contributed by atoms with van der Waals surface area (Å²) in [7, 11) is -2.12. The number of carbonyl (C=O) groups excluding carboxylic acids is 1. The van der Waals surface area contributed by atoms with Crippen LogP contribution in [-0.2, 0) is 30.2 Å². The summed E-state index contributed by atoms with van der Waals surface area (Å²) in [5.41, 5.74) is 3.27. The second-order valence-corrected chi connectivity index (χ2v) is 13.7. The van der Waals surface area contributed by atoms with Gasteiger partial charge in [0.1, 0.15) is 0 Å². The summed E-state index contributed by atoms with van der Waals surface area (Å²) >= 11 is 0. The van der Waals surface area contributed by atoms with Gasteiger partial charge in [-0.3, -0.25) is 24.1 Å². The number of amides is 1. The number of aromatic nitrogens is 4. The minimum atomic E-state index is -3.74. The normalized spacial score (nSPS) is 12.5. The Morgan fingerprint density at radius 3 is 2.47 bits per heavy atom. The first kappa shape index (κ1) is 33.4. The third-order valence-electron chi connectivity index (χ3n) is 7.80. The lowest BCUT2D eigenvalue weighted by Crippen LogP contribution is -2.42. The number of hydrogen-bond acceptors (Lipinski definition) is 7. The smallest absolute Gasteiger partial charge is 0.266 e. The lowest BCUT2D eigenvalue weighted by atomic mass is 9.99. The molecule has 5 aromatic rings. The number of aliphatic hydroxyl groups is 1. The molecule has 3 aromatic carbocycles. The number of nitrogens with one attached hydrogen (secondary N) is 4. The molecule has 0 fully saturated rings. The van der Waals surface area contributed by atoms with Gasteiger partial charge in [-0.05, 0) is 62.2 Å². The van der Waals surface area contributed by atoms with Crippen LogP contribution in [0.25, 0.3) is 11.3 Å². The Balaban J connectivity index is 1.10. The summed E-state index contributed by atoms with van der Waals surface area (Å²) in [4.78, 5) is 28.8. The van der Waals surface area contributed by atoms with Gasteiger partial charge in [0.15, 0.2) is 0 Å². The molecular formula is C34H39N7O5S. The fraction of sp³-hybridized carbons (Fsp3) is 0.265. The molecule has 0 aliphatic carbocycles. The van der Waals surface area contributed by atoms with E-state index in [1.165, 1.54) is 22.9 Å². The van der Waals surface area contributed by atoms with E-state index in [0.717, 1.165) is 17.7 Å². The molecule has 13 heteroatoms. The fourth-order valence-corrected chi connectivity index (χ4v) is 6.02. The minimum absolute atomic E-state index is 0.163. The highest BCUT2D eigenvalue weighted by Crippen LogP contribution is 2.22. The Morgan fingerprint density at radius 2 is 1.77 bits per heavy atom. The largest absolute Gasteiger partial charge is 0.387 e. The van der Waals surface area contributed by atoms with Crippen LogP contribution in [0.15, 0.2) is 107 Å². The lowest BCUT2D eigenvalue weighted by Gasteiger charge is -2.28. The van der Waals surface area contributed by atoms with Gasteiger partial charge in [0.05, 0.1) is 35.3 Å². The van der Waals surface area contributed by atoms with Crippen molar-refractivity contribution in [3.63, 3.8) is 0 Å². The van der Waals surface area contributed by atoms with E-state index in [9.17, 15) is 23.1 Å². The van der Waals surface area contributed by atoms with Gasteiger partial charge < -0.3 is 20.3 Å². The maximum Gasteiger partial charge on any atom is 0.266 e. The van der Waals surface area contributed by atoms with Crippen LogP contribution in [0.4, 0.5) is 5.69 Å². The average molecular weight is 658 g/mol. The first-order valence-corrected chi connectivity index (χ1v) is 16.6. The topological polar surface area (TPSA) is 163 Å². The second-order valence-electron chi connectivity index (χ2n) is 12.0. The van der Waals surface area contributed by atoms with Crippen molar-refractivity contribution in [1.29, 1.82) is 0 Å². The molecule has 0 saturated heterocycles. The zero-order valence-electron chi connectivity index (χ0n) is 26.5. The van der Waals surface area contributed by atoms with Gasteiger partial charge in [-0.1, -0.05) is 42.5 Å². The van der Waals surface area contributed by atoms with E-state index in [2.05, 4.69) is 39.3 Å². The zero-order chi connectivity index (χ0) is 33.6. The van der Waals surface area contributed by atoms with Crippen molar-refractivity contribution in [3.05, 3.63) is 125 Å². The van der Waals surface area contributed by atoms with E-state index in [0.29, 0.717) is 29.1 Å². The molecule has 0 bridgehead atoms. The summed E-state index contributed by atoms with van der Waals surface area (Å²) in [5.74, 6) is -0.244. The summed E-state index contributed by atoms with van der Waals surface area (Å²) in [6, 6.07) is 23.5. The summed E-state index contributed by atoms with van der Waals surface area (Å²) in [6.45, 7) is 5.29. The molecule has 0 radical (unpaired) electrons. The molecule has 2 aromatic heterocycles. The van der Waals surface area contributed by atoms with E-state index in [4.69, 9.17) is 0 Å². The van der Waals surface area contributed by atoms with Crippen molar-refractivity contribution in [2.75, 3.05) is 11.3 Å². The highest BCUT2D eigenvalue weighted by Gasteiger charge is 2.20. The number of rotatable bonds is 14. The Kier molecular flexibility index (Phi) is 10.1. The number of anilines is 1. The first-order valence-electron chi connectivity index (χ1n) is 15.1. The number of aromatic amines is 1. The van der Waals surface area contributed by atoms with Gasteiger partial charge in [0, 0.05) is 54.8 Å². The number of hydrogen-bond donors (Lipinski definition) is 5. The molecule has 12 nitrogen and oxygen atoms in total. The zero-order valence-corrected chi connectivity index (χ0v) is 27.3. The molecule has 1 amide bonds. The van der Waals surface area contributed by atoms with Crippen molar-refractivity contribution in [2.24, 2.45) is 7.05 Å². The van der Waals surface area contributed by atoms with Crippen LogP contribution in [0, 0.1) is 0 Å². The van der Waals surface area contributed by atoms with E-state index in [1.54, 1.807) is 68.0 Å². The number of H-pyrrole nitrogens is 1. The molecule has 2 heterocycles. The highest BCUT2D eigenvalue weighted by molar-refractivity contribution is 7.92. The van der Waals surface area contributed by atoms with E-state index in [-0.39, 0.29) is 35.0 Å². The minimum Gasteiger partial charge on any atom is -0.387 e. The third kappa shape index (κ3) is 8.85. The molecule has 0 aliphatic rings. The maximum atomic E-state index is 12.7. The highest BCUT2D eigenvalue weighted by atomic mass is 32.2. The molecule has 5 rings (SSSR count). The number of imidazole rings is 1. The number of aryl methyl sites for hydroxylation is 2. The molecular weight excluding hydrogens is 618 g/mol. The third-order valence-corrected chi connectivity index (χ3v) is 9.20. The van der Waals surface area contributed by atoms with Crippen LogP contribution >= 0.6 is 0 Å². The molecule has 246 valence electrons. The lowest BCUT2D eigenvalue weighted by molar-refractivity contribution is 0.0950. The predicted molar refractivity (Wildman–Crippen MR) is 180 cm³/mol. The van der Waals surface area contributed by atoms with Gasteiger partial charge in [0.25, 0.3) is 21.5 Å². The van der Waals surface area contributed by atoms with Gasteiger partial charge in [-0.25, -0.2) is 13.4 Å². The quantitative estimate of drug-likeness (QED) is 0.121. The van der Waals surface area contributed by atoms with Crippen LogP contribution in [-0.4, -0.2) is 50.8 Å². The van der Waals surface area contributed by atoms with Crippen LogP contribution in [0.5, 0.6) is 0 Å². The Bertz CT molecular complexity index is 1980. The van der Waals surface area contributed by atoms with E-state index in [1.807, 2.05) is 22.9 Å². The first-order chi connectivity index (χ1) is 22.4. The summed E-state index contributed by atoms with van der Waals surface area (Å²) in [5, 5.41) is 20.0. The van der Waals surface area contributed by atoms with Crippen molar-refractivity contribution in [1.82, 2.24) is 30.0 Å². The summed E-state index contributed by atoms with van der Waals surface area (Å²) < 4.78 is 31.3. The SMILES string of the molecule is Cn1[nH]c(CNC(=O)c2ccc(-c3cn(CCC(C)(C)NC[C@H](O)c4cccc(NS(=O)(=O)c5ccccc5)c4)cn3)cc2)cc1=O. The number of aliphatic hydroxyl groups excluding tert-OH is 1. The van der Waals surface area contributed by atoms with Crippen LogP contribution < -0.4 is 20.9 Å². The van der Waals surface area contributed by atoms with Gasteiger partial charge in [0.2, 0.25) is 0 Å². The van der Waals surface area contributed by atoms with Crippen molar-refractivity contribution < 1.29 is 18.3 Å². The molecule has 47 heavy (non-hydrogen) atoms. The number of carbonyl (C=O) groups is 1. The van der Waals surface area contributed by atoms with Crippen molar-refractivity contribution in [3.8, 4) is 11.3 Å². The van der Waals surface area contributed by atoms with Crippen molar-refractivity contribution in [2.45, 2.75) is 49.9 Å². The van der Waals surface area contributed by atoms with E-state index < -0.39 is 16.1 Å². The maximum absolute atomic E-state index is 12.7. The number of benzene rings is 3. The Labute approximate surface area is 273 Å². The van der Waals surface area contributed by atoms with E-state index >= 15 is 0 Å². The fourth-order valence-electron chi connectivity index (χ4n) is 4.95. The molecule has 0 spiro atoms. The second kappa shape index (κ2) is 14.2.